The fraction of sp³-hybridized carbons (Fsp3) is 0.500. The molecule has 0 bridgehead atoms. The van der Waals surface area contributed by atoms with Crippen LogP contribution in [0.15, 0.2) is 34.9 Å². The summed E-state index contributed by atoms with van der Waals surface area (Å²) in [5.41, 5.74) is 1.20. The highest BCUT2D eigenvalue weighted by Crippen LogP contribution is 2.10. The second-order valence-electron chi connectivity index (χ2n) is 5.73. The molecule has 2 heterocycles. The monoisotopic (exact) mass is 286 g/mol. The van der Waals surface area contributed by atoms with Gasteiger partial charge in [0.1, 0.15) is 0 Å². The summed E-state index contributed by atoms with van der Waals surface area (Å²) < 4.78 is 5.32. The minimum Gasteiger partial charge on any atom is -0.338 e. The summed E-state index contributed by atoms with van der Waals surface area (Å²) in [7, 11) is 2.17. The van der Waals surface area contributed by atoms with Crippen molar-refractivity contribution in [3.05, 3.63) is 47.6 Å². The predicted molar refractivity (Wildman–Crippen MR) is 80.9 cm³/mol. The second kappa shape index (κ2) is 6.83. The highest BCUT2D eigenvalue weighted by Gasteiger charge is 2.17. The van der Waals surface area contributed by atoms with Crippen LogP contribution in [0.1, 0.15) is 30.1 Å². The molecule has 1 aromatic carbocycles. The van der Waals surface area contributed by atoms with Crippen LogP contribution in [-0.2, 0) is 13.0 Å². The van der Waals surface area contributed by atoms with Crippen LogP contribution < -0.4 is 5.32 Å². The van der Waals surface area contributed by atoms with Crippen LogP contribution in [0.2, 0.25) is 0 Å². The molecule has 1 fully saturated rings. The highest BCUT2D eigenvalue weighted by molar-refractivity contribution is 5.18. The van der Waals surface area contributed by atoms with Crippen LogP contribution in [-0.4, -0.2) is 41.2 Å². The van der Waals surface area contributed by atoms with Gasteiger partial charge in [-0.25, -0.2) is 0 Å². The van der Waals surface area contributed by atoms with Gasteiger partial charge in [-0.15, -0.1) is 0 Å². The fourth-order valence-corrected chi connectivity index (χ4v) is 2.66. The van der Waals surface area contributed by atoms with Gasteiger partial charge in [0, 0.05) is 12.5 Å². The number of nitrogens with zero attached hydrogens (tertiary/aromatic N) is 3. The lowest BCUT2D eigenvalue weighted by molar-refractivity contribution is 0.229. The summed E-state index contributed by atoms with van der Waals surface area (Å²) >= 11 is 0. The lowest BCUT2D eigenvalue weighted by Crippen LogP contribution is -2.40. The Kier molecular flexibility index (Phi) is 4.62. The Hall–Kier alpha value is -1.72. The Balaban J connectivity index is 1.49. The van der Waals surface area contributed by atoms with E-state index in [4.69, 9.17) is 4.52 Å². The predicted octanol–water partition coefficient (Wildman–Crippen LogP) is 1.84. The van der Waals surface area contributed by atoms with E-state index in [9.17, 15) is 0 Å². The minimum atomic E-state index is 0.561. The lowest BCUT2D eigenvalue weighted by atomic mass is 10.1. The Morgan fingerprint density at radius 3 is 2.76 bits per heavy atom. The molecule has 0 amide bonds. The van der Waals surface area contributed by atoms with Gasteiger partial charge >= 0.3 is 0 Å². The van der Waals surface area contributed by atoms with Crippen molar-refractivity contribution in [1.82, 2.24) is 20.4 Å². The van der Waals surface area contributed by atoms with Crippen molar-refractivity contribution >= 4 is 0 Å². The molecule has 5 heteroatoms. The second-order valence-corrected chi connectivity index (χ2v) is 5.73. The van der Waals surface area contributed by atoms with Crippen molar-refractivity contribution in [2.75, 3.05) is 20.1 Å². The molecule has 5 nitrogen and oxygen atoms in total. The maximum absolute atomic E-state index is 5.32. The van der Waals surface area contributed by atoms with Gasteiger partial charge in [-0.2, -0.15) is 4.98 Å². The van der Waals surface area contributed by atoms with Crippen LogP contribution in [0, 0.1) is 0 Å². The Labute approximate surface area is 125 Å². The van der Waals surface area contributed by atoms with Gasteiger partial charge in [0.05, 0.1) is 6.54 Å². The average Bonchev–Trinajstić information content (AvgIpc) is 2.95. The largest absolute Gasteiger partial charge is 0.338 e. The molecule has 1 saturated heterocycles. The minimum absolute atomic E-state index is 0.561. The van der Waals surface area contributed by atoms with Crippen LogP contribution in [0.25, 0.3) is 0 Å². The van der Waals surface area contributed by atoms with Crippen molar-refractivity contribution in [2.24, 2.45) is 0 Å². The normalized spacial score (nSPS) is 17.2. The zero-order valence-corrected chi connectivity index (χ0v) is 12.5. The summed E-state index contributed by atoms with van der Waals surface area (Å²) in [6.45, 7) is 2.97. The Morgan fingerprint density at radius 1 is 1.24 bits per heavy atom. The lowest BCUT2D eigenvalue weighted by Gasteiger charge is -2.29. The zero-order chi connectivity index (χ0) is 14.5. The molecule has 0 unspecified atom stereocenters. The smallest absolute Gasteiger partial charge is 0.240 e. The number of benzene rings is 1. The SMILES string of the molecule is CN1CCC(NCc2nc(Cc3ccccc3)no2)CC1. The maximum Gasteiger partial charge on any atom is 0.240 e. The van der Waals surface area contributed by atoms with Crippen LogP contribution in [0.3, 0.4) is 0 Å². The number of hydrogen-bond donors (Lipinski definition) is 1. The van der Waals surface area contributed by atoms with Crippen molar-refractivity contribution in [3.8, 4) is 0 Å². The number of nitrogens with one attached hydrogen (secondary N) is 1. The first kappa shape index (κ1) is 14.2. The molecule has 0 aliphatic carbocycles. The summed E-state index contributed by atoms with van der Waals surface area (Å²) in [5.74, 6) is 1.43. The maximum atomic E-state index is 5.32. The Morgan fingerprint density at radius 2 is 2.00 bits per heavy atom. The van der Waals surface area contributed by atoms with Crippen molar-refractivity contribution in [3.63, 3.8) is 0 Å². The molecule has 3 rings (SSSR count). The van der Waals surface area contributed by atoms with Gasteiger partial charge in [-0.05, 0) is 38.5 Å². The van der Waals surface area contributed by atoms with Crippen molar-refractivity contribution < 1.29 is 4.52 Å². The van der Waals surface area contributed by atoms with E-state index in [0.29, 0.717) is 18.5 Å². The van der Waals surface area contributed by atoms with E-state index in [1.165, 1.54) is 18.4 Å². The molecule has 1 aromatic heterocycles. The summed E-state index contributed by atoms with van der Waals surface area (Å²) in [5, 5.41) is 7.57. The number of hydrogen-bond acceptors (Lipinski definition) is 5. The van der Waals surface area contributed by atoms with Crippen LogP contribution in [0.4, 0.5) is 0 Å². The third-order valence-electron chi connectivity index (χ3n) is 3.98. The summed E-state index contributed by atoms with van der Waals surface area (Å²) in [6.07, 6.45) is 3.08. The third kappa shape index (κ3) is 4.12. The first-order valence-corrected chi connectivity index (χ1v) is 7.57. The molecular formula is C16H22N4O. The van der Waals surface area contributed by atoms with Gasteiger partial charge < -0.3 is 14.7 Å². The molecule has 0 saturated carbocycles. The summed E-state index contributed by atoms with van der Waals surface area (Å²) in [4.78, 5) is 6.82. The van der Waals surface area contributed by atoms with Crippen LogP contribution >= 0.6 is 0 Å². The first-order chi connectivity index (χ1) is 10.3. The average molecular weight is 286 g/mol. The summed E-state index contributed by atoms with van der Waals surface area (Å²) in [6, 6.07) is 10.8. The van der Waals surface area contributed by atoms with Gasteiger partial charge in [0.2, 0.25) is 5.89 Å². The third-order valence-corrected chi connectivity index (χ3v) is 3.98. The van der Waals surface area contributed by atoms with Gasteiger partial charge in [-0.1, -0.05) is 35.5 Å². The van der Waals surface area contributed by atoms with E-state index in [2.05, 4.69) is 39.5 Å². The molecular weight excluding hydrogens is 264 g/mol. The zero-order valence-electron chi connectivity index (χ0n) is 12.5. The van der Waals surface area contributed by atoms with E-state index in [1.54, 1.807) is 0 Å². The molecule has 1 N–H and O–H groups in total. The molecule has 112 valence electrons. The highest BCUT2D eigenvalue weighted by atomic mass is 16.5. The molecule has 2 aromatic rings. The van der Waals surface area contributed by atoms with Crippen molar-refractivity contribution in [2.45, 2.75) is 31.8 Å². The van der Waals surface area contributed by atoms with Gasteiger partial charge in [-0.3, -0.25) is 0 Å². The molecule has 21 heavy (non-hydrogen) atoms. The fourth-order valence-electron chi connectivity index (χ4n) is 2.66. The Bertz CT molecular complexity index is 546. The van der Waals surface area contributed by atoms with E-state index < -0.39 is 0 Å². The van der Waals surface area contributed by atoms with E-state index in [0.717, 1.165) is 25.3 Å². The molecule has 1 aliphatic heterocycles. The quantitative estimate of drug-likeness (QED) is 0.909. The van der Waals surface area contributed by atoms with E-state index in [-0.39, 0.29) is 0 Å². The number of piperidine rings is 1. The van der Waals surface area contributed by atoms with Crippen molar-refractivity contribution in [1.29, 1.82) is 0 Å². The topological polar surface area (TPSA) is 54.2 Å². The van der Waals surface area contributed by atoms with E-state index in [1.807, 2.05) is 18.2 Å². The standard InChI is InChI=1S/C16H22N4O/c1-20-9-7-14(8-10-20)17-12-16-18-15(19-21-16)11-13-5-3-2-4-6-13/h2-6,14,17H,7-12H2,1H3. The van der Waals surface area contributed by atoms with E-state index >= 15 is 0 Å². The number of likely N-dealkylation sites (tertiary alicyclic amines) is 1. The molecule has 0 atom stereocenters. The molecule has 1 aliphatic rings. The molecule has 0 radical (unpaired) electrons. The van der Waals surface area contributed by atoms with Gasteiger partial charge in [0.15, 0.2) is 5.82 Å². The first-order valence-electron chi connectivity index (χ1n) is 7.57. The van der Waals surface area contributed by atoms with Crippen LogP contribution in [0.5, 0.6) is 0 Å². The number of aromatic nitrogens is 2. The number of rotatable bonds is 5. The molecule has 0 spiro atoms. The van der Waals surface area contributed by atoms with Gasteiger partial charge in [0.25, 0.3) is 0 Å².